The van der Waals surface area contributed by atoms with Gasteiger partial charge in [-0.25, -0.2) is 8.42 Å². The summed E-state index contributed by atoms with van der Waals surface area (Å²) in [5, 5.41) is 11.7. The number of nitrogens with zero attached hydrogens (tertiary/aromatic N) is 5. The minimum Gasteiger partial charge on any atom is -0.325 e. The van der Waals surface area contributed by atoms with Crippen LogP contribution >= 0.6 is 11.7 Å². The quantitative estimate of drug-likeness (QED) is 0.636. The molecular formula is C19H18N6O3S2. The number of aromatic nitrogens is 2. The zero-order chi connectivity index (χ0) is 21.1. The Hall–Kier alpha value is -2.91. The molecule has 0 saturated carbocycles. The highest BCUT2D eigenvalue weighted by Crippen LogP contribution is 2.25. The van der Waals surface area contributed by atoms with Gasteiger partial charge in [-0.3, -0.25) is 9.69 Å². The highest BCUT2D eigenvalue weighted by atomic mass is 32.2. The van der Waals surface area contributed by atoms with Crippen molar-refractivity contribution in [3.63, 3.8) is 0 Å². The molecule has 4 rings (SSSR count). The molecule has 1 aliphatic heterocycles. The first-order valence-corrected chi connectivity index (χ1v) is 11.4. The van der Waals surface area contributed by atoms with Gasteiger partial charge in [0.2, 0.25) is 15.9 Å². The van der Waals surface area contributed by atoms with Crippen molar-refractivity contribution in [1.29, 1.82) is 5.26 Å². The van der Waals surface area contributed by atoms with Crippen LogP contribution in [0.15, 0.2) is 47.4 Å². The molecule has 1 fully saturated rings. The molecule has 1 amide bonds. The fourth-order valence-corrected chi connectivity index (χ4v) is 5.50. The van der Waals surface area contributed by atoms with Crippen LogP contribution < -0.4 is 5.32 Å². The zero-order valence-corrected chi connectivity index (χ0v) is 17.5. The smallest absolute Gasteiger partial charge is 0.245 e. The van der Waals surface area contributed by atoms with Crippen LogP contribution in [0.4, 0.5) is 5.69 Å². The van der Waals surface area contributed by atoms with Crippen LogP contribution in [-0.2, 0) is 14.8 Å². The van der Waals surface area contributed by atoms with Crippen LogP contribution in [-0.4, -0.2) is 65.0 Å². The molecule has 11 heteroatoms. The molecule has 0 radical (unpaired) electrons. The van der Waals surface area contributed by atoms with E-state index in [1.807, 2.05) is 11.0 Å². The van der Waals surface area contributed by atoms with Crippen LogP contribution in [0, 0.1) is 11.3 Å². The second kappa shape index (κ2) is 8.45. The Morgan fingerprint density at radius 2 is 1.90 bits per heavy atom. The van der Waals surface area contributed by atoms with Crippen molar-refractivity contribution in [3.8, 4) is 6.07 Å². The molecule has 0 atom stereocenters. The molecule has 0 unspecified atom stereocenters. The number of piperazine rings is 1. The van der Waals surface area contributed by atoms with E-state index in [0.717, 1.165) is 11.7 Å². The van der Waals surface area contributed by atoms with Crippen molar-refractivity contribution in [1.82, 2.24) is 18.0 Å². The summed E-state index contributed by atoms with van der Waals surface area (Å²) in [5.41, 5.74) is 1.99. The van der Waals surface area contributed by atoms with Crippen molar-refractivity contribution >= 4 is 44.4 Å². The van der Waals surface area contributed by atoms with Gasteiger partial charge in [0, 0.05) is 31.9 Å². The average molecular weight is 443 g/mol. The number of hydrogen-bond donors (Lipinski definition) is 1. The summed E-state index contributed by atoms with van der Waals surface area (Å²) in [6, 6.07) is 13.7. The van der Waals surface area contributed by atoms with E-state index in [9.17, 15) is 13.2 Å². The third-order valence-corrected chi connectivity index (χ3v) is 7.31. The van der Waals surface area contributed by atoms with E-state index in [0.29, 0.717) is 35.4 Å². The fourth-order valence-electron chi connectivity index (χ4n) is 3.33. The lowest BCUT2D eigenvalue weighted by molar-refractivity contribution is -0.117. The number of carbonyl (C=O) groups excluding carboxylic acids is 1. The van der Waals surface area contributed by atoms with Crippen LogP contribution in [0.2, 0.25) is 0 Å². The topological polar surface area (TPSA) is 119 Å². The second-order valence-corrected chi connectivity index (χ2v) is 9.24. The number of nitrogens with one attached hydrogen (secondary N) is 1. The number of benzene rings is 2. The Bertz CT molecular complexity index is 1230. The zero-order valence-electron chi connectivity index (χ0n) is 15.9. The lowest BCUT2D eigenvalue weighted by Crippen LogP contribution is -2.50. The number of rotatable bonds is 5. The van der Waals surface area contributed by atoms with Gasteiger partial charge in [0.25, 0.3) is 0 Å². The van der Waals surface area contributed by atoms with E-state index in [2.05, 4.69) is 14.1 Å². The first kappa shape index (κ1) is 20.4. The maximum Gasteiger partial charge on any atom is 0.245 e. The molecule has 3 aromatic rings. The standard InChI is InChI=1S/C19H18N6O3S2/c20-12-14-3-1-4-15(11-14)21-18(26)13-24-7-9-25(10-8-24)30(27,28)17-6-2-5-16-19(17)23-29-22-16/h1-6,11H,7-10,13H2,(H,21,26). The van der Waals surface area contributed by atoms with E-state index in [1.54, 1.807) is 42.5 Å². The molecule has 1 saturated heterocycles. The third kappa shape index (κ3) is 4.17. The maximum atomic E-state index is 13.1. The van der Waals surface area contributed by atoms with Gasteiger partial charge in [-0.2, -0.15) is 18.3 Å². The SMILES string of the molecule is N#Cc1cccc(NC(=O)CN2CCN(S(=O)(=O)c3cccc4nsnc34)CC2)c1. The van der Waals surface area contributed by atoms with Crippen LogP contribution in [0.1, 0.15) is 5.56 Å². The van der Waals surface area contributed by atoms with Gasteiger partial charge in [-0.15, -0.1) is 0 Å². The van der Waals surface area contributed by atoms with Crippen molar-refractivity contribution in [2.75, 3.05) is 38.0 Å². The monoisotopic (exact) mass is 442 g/mol. The lowest BCUT2D eigenvalue weighted by Gasteiger charge is -2.33. The Kier molecular flexibility index (Phi) is 5.74. The van der Waals surface area contributed by atoms with Gasteiger partial charge in [0.05, 0.1) is 29.9 Å². The molecular weight excluding hydrogens is 424 g/mol. The molecule has 0 bridgehead atoms. The van der Waals surface area contributed by atoms with Gasteiger partial charge in [-0.1, -0.05) is 12.1 Å². The first-order valence-electron chi connectivity index (χ1n) is 9.21. The van der Waals surface area contributed by atoms with Gasteiger partial charge in [0.1, 0.15) is 15.9 Å². The Morgan fingerprint density at radius 1 is 1.13 bits per heavy atom. The van der Waals surface area contributed by atoms with E-state index in [-0.39, 0.29) is 30.4 Å². The second-order valence-electron chi connectivity index (χ2n) is 6.81. The Morgan fingerprint density at radius 3 is 2.67 bits per heavy atom. The average Bonchev–Trinajstić information content (AvgIpc) is 3.23. The number of fused-ring (bicyclic) bond motifs is 1. The van der Waals surface area contributed by atoms with Crippen molar-refractivity contribution in [3.05, 3.63) is 48.0 Å². The normalized spacial score (nSPS) is 15.7. The summed E-state index contributed by atoms with van der Waals surface area (Å²) in [4.78, 5) is 14.4. The molecule has 1 N–H and O–H groups in total. The molecule has 0 spiro atoms. The van der Waals surface area contributed by atoms with Gasteiger partial charge >= 0.3 is 0 Å². The summed E-state index contributed by atoms with van der Waals surface area (Å²) >= 11 is 0.986. The number of nitriles is 1. The fraction of sp³-hybridized carbons (Fsp3) is 0.263. The van der Waals surface area contributed by atoms with Crippen molar-refractivity contribution < 1.29 is 13.2 Å². The predicted octanol–water partition coefficient (Wildman–Crippen LogP) is 1.51. The molecule has 30 heavy (non-hydrogen) atoms. The summed E-state index contributed by atoms with van der Waals surface area (Å²) in [7, 11) is -3.69. The third-order valence-electron chi connectivity index (χ3n) is 4.84. The first-order chi connectivity index (χ1) is 14.5. The molecule has 0 aliphatic carbocycles. The van der Waals surface area contributed by atoms with Crippen LogP contribution in [0.5, 0.6) is 0 Å². The molecule has 9 nitrogen and oxygen atoms in total. The van der Waals surface area contributed by atoms with Crippen molar-refractivity contribution in [2.45, 2.75) is 4.90 Å². The lowest BCUT2D eigenvalue weighted by atomic mass is 10.2. The summed E-state index contributed by atoms with van der Waals surface area (Å²) in [6.45, 7) is 1.60. The molecule has 2 aromatic carbocycles. The van der Waals surface area contributed by atoms with E-state index in [1.165, 1.54) is 4.31 Å². The number of carbonyl (C=O) groups is 1. The van der Waals surface area contributed by atoms with Crippen molar-refractivity contribution in [2.24, 2.45) is 0 Å². The summed E-state index contributed by atoms with van der Waals surface area (Å²) in [6.07, 6.45) is 0. The summed E-state index contributed by atoms with van der Waals surface area (Å²) < 4.78 is 35.8. The molecule has 154 valence electrons. The minimum atomic E-state index is -3.69. The summed E-state index contributed by atoms with van der Waals surface area (Å²) in [5.74, 6) is -0.209. The number of hydrogen-bond acceptors (Lipinski definition) is 8. The highest BCUT2D eigenvalue weighted by molar-refractivity contribution is 7.89. The maximum absolute atomic E-state index is 13.1. The predicted molar refractivity (Wildman–Crippen MR) is 112 cm³/mol. The Balaban J connectivity index is 1.37. The number of sulfonamides is 1. The number of amides is 1. The minimum absolute atomic E-state index is 0.149. The van der Waals surface area contributed by atoms with Gasteiger partial charge in [0.15, 0.2) is 0 Å². The molecule has 1 aliphatic rings. The van der Waals surface area contributed by atoms with E-state index >= 15 is 0 Å². The Labute approximate surface area is 177 Å². The van der Waals surface area contributed by atoms with Crippen LogP contribution in [0.25, 0.3) is 11.0 Å². The highest BCUT2D eigenvalue weighted by Gasteiger charge is 2.31. The van der Waals surface area contributed by atoms with Crippen LogP contribution in [0.3, 0.4) is 0 Å². The molecule has 2 heterocycles. The number of anilines is 1. The van der Waals surface area contributed by atoms with Gasteiger partial charge < -0.3 is 5.32 Å². The van der Waals surface area contributed by atoms with E-state index < -0.39 is 10.0 Å². The molecule has 1 aromatic heterocycles. The largest absolute Gasteiger partial charge is 0.325 e. The van der Waals surface area contributed by atoms with E-state index in [4.69, 9.17) is 5.26 Å². The van der Waals surface area contributed by atoms with Gasteiger partial charge in [-0.05, 0) is 30.3 Å².